The molecule has 5 heteroatoms. The van der Waals surface area contributed by atoms with Crippen LogP contribution < -0.4 is 0 Å². The maximum absolute atomic E-state index is 8.97. The third-order valence-corrected chi connectivity index (χ3v) is 5.01. The van der Waals surface area contributed by atoms with Crippen LogP contribution in [0.5, 0.6) is 0 Å². The van der Waals surface area contributed by atoms with Crippen molar-refractivity contribution in [1.29, 1.82) is 5.26 Å². The molecule has 0 saturated heterocycles. The number of para-hydroxylation sites is 1. The van der Waals surface area contributed by atoms with Crippen molar-refractivity contribution in [2.24, 2.45) is 0 Å². The molecule has 0 bridgehead atoms. The van der Waals surface area contributed by atoms with Gasteiger partial charge in [0, 0.05) is 9.37 Å². The largest absolute Gasteiger partial charge is 0.229 e. The lowest BCUT2D eigenvalue weighted by Crippen LogP contribution is -1.78. The Bertz CT molecular complexity index is 756. The molecular formula is C14H7BrN2S2. The number of rotatable bonds is 2. The van der Waals surface area contributed by atoms with Gasteiger partial charge in [-0.1, -0.05) is 39.8 Å². The fraction of sp³-hybridized carbons (Fsp3) is 0. The molecule has 3 aromatic rings. The minimum Gasteiger partial charge on any atom is -0.229 e. The molecule has 0 unspecified atom stereocenters. The number of aromatic nitrogens is 1. The molecule has 0 aliphatic rings. The zero-order valence-electron chi connectivity index (χ0n) is 9.63. The van der Waals surface area contributed by atoms with Gasteiger partial charge in [-0.05, 0) is 30.3 Å². The van der Waals surface area contributed by atoms with Gasteiger partial charge in [-0.2, -0.15) is 5.26 Å². The molecule has 2 aromatic carbocycles. The Morgan fingerprint density at radius 2 is 2.05 bits per heavy atom. The van der Waals surface area contributed by atoms with Crippen LogP contribution in [0, 0.1) is 11.3 Å². The Morgan fingerprint density at radius 3 is 2.84 bits per heavy atom. The van der Waals surface area contributed by atoms with Crippen LogP contribution in [0.3, 0.4) is 0 Å². The van der Waals surface area contributed by atoms with Gasteiger partial charge in [-0.3, -0.25) is 0 Å². The summed E-state index contributed by atoms with van der Waals surface area (Å²) in [6.45, 7) is 0. The molecule has 3 rings (SSSR count). The maximum Gasteiger partial charge on any atom is 0.155 e. The molecule has 19 heavy (non-hydrogen) atoms. The molecule has 0 amide bonds. The monoisotopic (exact) mass is 346 g/mol. The summed E-state index contributed by atoms with van der Waals surface area (Å²) in [7, 11) is 0. The first kappa shape index (κ1) is 12.7. The lowest BCUT2D eigenvalue weighted by Gasteiger charge is -1.99. The average Bonchev–Trinajstić information content (AvgIpc) is 2.80. The van der Waals surface area contributed by atoms with E-state index in [0.717, 1.165) is 19.2 Å². The van der Waals surface area contributed by atoms with Crippen LogP contribution in [-0.4, -0.2) is 4.98 Å². The van der Waals surface area contributed by atoms with Crippen LogP contribution in [0.1, 0.15) is 5.56 Å². The summed E-state index contributed by atoms with van der Waals surface area (Å²) < 4.78 is 3.08. The molecule has 0 fully saturated rings. The number of benzene rings is 2. The second kappa shape index (κ2) is 5.33. The number of halogens is 1. The van der Waals surface area contributed by atoms with E-state index in [2.05, 4.69) is 33.0 Å². The van der Waals surface area contributed by atoms with E-state index >= 15 is 0 Å². The molecule has 0 atom stereocenters. The van der Waals surface area contributed by atoms with E-state index in [1.165, 1.54) is 4.70 Å². The summed E-state index contributed by atoms with van der Waals surface area (Å²) in [5.41, 5.74) is 1.67. The Hall–Kier alpha value is -1.35. The van der Waals surface area contributed by atoms with Crippen LogP contribution in [0.25, 0.3) is 10.2 Å². The van der Waals surface area contributed by atoms with Crippen LogP contribution in [-0.2, 0) is 0 Å². The molecule has 1 aromatic heterocycles. The first-order valence-electron chi connectivity index (χ1n) is 5.49. The normalized spacial score (nSPS) is 10.5. The summed E-state index contributed by atoms with van der Waals surface area (Å²) in [6, 6.07) is 15.9. The van der Waals surface area contributed by atoms with Gasteiger partial charge in [0.2, 0.25) is 0 Å². The quantitative estimate of drug-likeness (QED) is 0.648. The van der Waals surface area contributed by atoms with Gasteiger partial charge in [-0.25, -0.2) is 4.98 Å². The van der Waals surface area contributed by atoms with E-state index in [9.17, 15) is 0 Å². The summed E-state index contributed by atoms with van der Waals surface area (Å²) in [5.74, 6) is 0. The molecule has 0 radical (unpaired) electrons. The lowest BCUT2D eigenvalue weighted by molar-refractivity contribution is 1.29. The van der Waals surface area contributed by atoms with Gasteiger partial charge in [0.15, 0.2) is 4.34 Å². The van der Waals surface area contributed by atoms with Crippen molar-refractivity contribution in [2.45, 2.75) is 9.24 Å². The van der Waals surface area contributed by atoms with E-state index in [1.807, 2.05) is 36.4 Å². The number of nitriles is 1. The van der Waals surface area contributed by atoms with Crippen molar-refractivity contribution in [1.82, 2.24) is 4.98 Å². The maximum atomic E-state index is 8.97. The van der Waals surface area contributed by atoms with E-state index in [-0.39, 0.29) is 0 Å². The summed E-state index contributed by atoms with van der Waals surface area (Å²) in [5, 5.41) is 8.97. The van der Waals surface area contributed by atoms with E-state index < -0.39 is 0 Å². The van der Waals surface area contributed by atoms with Crippen molar-refractivity contribution < 1.29 is 0 Å². The molecule has 1 heterocycles. The fourth-order valence-corrected chi connectivity index (χ4v) is 4.47. The highest BCUT2D eigenvalue weighted by molar-refractivity contribution is 9.10. The van der Waals surface area contributed by atoms with Crippen LogP contribution in [0.4, 0.5) is 0 Å². The molecule has 0 spiro atoms. The van der Waals surface area contributed by atoms with Gasteiger partial charge in [0.1, 0.15) is 0 Å². The first-order chi connectivity index (χ1) is 9.24. The second-order valence-corrected chi connectivity index (χ2v) is 7.10. The van der Waals surface area contributed by atoms with Crippen molar-refractivity contribution in [3.05, 3.63) is 52.5 Å². The predicted octanol–water partition coefficient (Wildman–Crippen LogP) is 5.08. The van der Waals surface area contributed by atoms with Gasteiger partial charge in [-0.15, -0.1) is 11.3 Å². The van der Waals surface area contributed by atoms with Gasteiger partial charge in [0.25, 0.3) is 0 Å². The Balaban J connectivity index is 1.96. The number of nitrogens with zero attached hydrogens (tertiary/aromatic N) is 2. The summed E-state index contributed by atoms with van der Waals surface area (Å²) in [4.78, 5) is 5.59. The van der Waals surface area contributed by atoms with Crippen LogP contribution >= 0.6 is 39.0 Å². The zero-order chi connectivity index (χ0) is 13.2. The van der Waals surface area contributed by atoms with E-state index in [0.29, 0.717) is 5.56 Å². The Morgan fingerprint density at radius 1 is 1.21 bits per heavy atom. The Kier molecular flexibility index (Phi) is 3.56. The standard InChI is InChI=1S/C14H7BrN2S2/c15-10-5-9(8-16)6-11(7-10)18-14-17-12-3-1-2-4-13(12)19-14/h1-7H. The minimum atomic E-state index is 0.651. The smallest absolute Gasteiger partial charge is 0.155 e. The number of hydrogen-bond acceptors (Lipinski definition) is 4. The second-order valence-electron chi connectivity index (χ2n) is 3.84. The third-order valence-electron chi connectivity index (χ3n) is 2.48. The molecule has 0 aliphatic heterocycles. The van der Waals surface area contributed by atoms with Gasteiger partial charge < -0.3 is 0 Å². The van der Waals surface area contributed by atoms with Gasteiger partial charge >= 0.3 is 0 Å². The van der Waals surface area contributed by atoms with Crippen molar-refractivity contribution in [3.8, 4) is 6.07 Å². The molecule has 0 saturated carbocycles. The topological polar surface area (TPSA) is 36.7 Å². The zero-order valence-corrected chi connectivity index (χ0v) is 12.8. The highest BCUT2D eigenvalue weighted by Gasteiger charge is 2.06. The predicted molar refractivity (Wildman–Crippen MR) is 82.6 cm³/mol. The van der Waals surface area contributed by atoms with Crippen LogP contribution in [0.2, 0.25) is 0 Å². The molecule has 92 valence electrons. The lowest BCUT2D eigenvalue weighted by atomic mass is 10.2. The van der Waals surface area contributed by atoms with E-state index in [1.54, 1.807) is 23.1 Å². The third kappa shape index (κ3) is 2.81. The number of fused-ring (bicyclic) bond motifs is 1. The fourth-order valence-electron chi connectivity index (χ4n) is 1.68. The molecule has 2 nitrogen and oxygen atoms in total. The van der Waals surface area contributed by atoms with Gasteiger partial charge in [0.05, 0.1) is 21.8 Å². The van der Waals surface area contributed by atoms with Crippen molar-refractivity contribution in [3.63, 3.8) is 0 Å². The SMILES string of the molecule is N#Cc1cc(Br)cc(Sc2nc3ccccc3s2)c1. The molecule has 0 N–H and O–H groups in total. The first-order valence-corrected chi connectivity index (χ1v) is 7.91. The highest BCUT2D eigenvalue weighted by Crippen LogP contribution is 2.35. The highest BCUT2D eigenvalue weighted by atomic mass is 79.9. The van der Waals surface area contributed by atoms with E-state index in [4.69, 9.17) is 5.26 Å². The summed E-state index contributed by atoms with van der Waals surface area (Å²) >= 11 is 6.67. The van der Waals surface area contributed by atoms with Crippen molar-refractivity contribution >= 4 is 49.2 Å². The minimum absolute atomic E-state index is 0.651. The molecule has 0 aliphatic carbocycles. The Labute approximate surface area is 127 Å². The van der Waals surface area contributed by atoms with Crippen LogP contribution in [0.15, 0.2) is 56.2 Å². The number of hydrogen-bond donors (Lipinski definition) is 0. The number of thiazole rings is 1. The average molecular weight is 347 g/mol. The molecular weight excluding hydrogens is 340 g/mol. The summed E-state index contributed by atoms with van der Waals surface area (Å²) in [6.07, 6.45) is 0. The van der Waals surface area contributed by atoms with Crippen molar-refractivity contribution in [2.75, 3.05) is 0 Å².